The Balaban J connectivity index is 2.22. The molecule has 0 unspecified atom stereocenters. The molecule has 0 fully saturated rings. The Hall–Kier alpha value is -3.27. The normalized spacial score (nSPS) is 11.6. The van der Waals surface area contributed by atoms with Gasteiger partial charge in [-0.1, -0.05) is 24.3 Å². The van der Waals surface area contributed by atoms with E-state index in [0.717, 1.165) is 12.1 Å². The number of rotatable bonds is 4. The van der Waals surface area contributed by atoms with Crippen LogP contribution in [-0.2, 0) is 11.0 Å². The lowest BCUT2D eigenvalue weighted by molar-refractivity contribution is -0.137. The molecule has 4 nitrogen and oxygen atoms in total. The molecule has 1 N–H and O–H groups in total. The molecular weight excluding hydrogens is 333 g/mol. The molecule has 0 aliphatic heterocycles. The lowest BCUT2D eigenvalue weighted by Gasteiger charge is -2.09. The SMILES string of the molecule is COc1ccccc1NC(=O)/C(C#N)=C/c1ccc(C(F)(F)F)cc1. The molecular formula is C18H13F3N2O2. The van der Waals surface area contributed by atoms with Crippen LogP contribution >= 0.6 is 0 Å². The van der Waals surface area contributed by atoms with Crippen molar-refractivity contribution in [2.24, 2.45) is 0 Å². The molecule has 2 rings (SSSR count). The molecule has 0 atom stereocenters. The largest absolute Gasteiger partial charge is 0.495 e. The maximum atomic E-state index is 12.5. The Morgan fingerprint density at radius 1 is 1.16 bits per heavy atom. The minimum atomic E-state index is -4.44. The van der Waals surface area contributed by atoms with Crippen LogP contribution in [0.15, 0.2) is 54.1 Å². The highest BCUT2D eigenvalue weighted by Gasteiger charge is 2.29. The highest BCUT2D eigenvalue weighted by molar-refractivity contribution is 6.10. The summed E-state index contributed by atoms with van der Waals surface area (Å²) in [6, 6.07) is 12.5. The van der Waals surface area contributed by atoms with Crippen LogP contribution in [-0.4, -0.2) is 13.0 Å². The molecule has 2 aromatic rings. The van der Waals surface area contributed by atoms with Crippen LogP contribution in [0.2, 0.25) is 0 Å². The van der Waals surface area contributed by atoms with Gasteiger partial charge in [0.1, 0.15) is 17.4 Å². The molecule has 7 heteroatoms. The van der Waals surface area contributed by atoms with Crippen LogP contribution in [0.3, 0.4) is 0 Å². The number of nitrogens with one attached hydrogen (secondary N) is 1. The molecule has 0 saturated heterocycles. The molecule has 1 amide bonds. The Kier molecular flexibility index (Phi) is 5.45. The van der Waals surface area contributed by atoms with Crippen molar-refractivity contribution in [3.63, 3.8) is 0 Å². The summed E-state index contributed by atoms with van der Waals surface area (Å²) in [5.41, 5.74) is -0.365. The van der Waals surface area contributed by atoms with Gasteiger partial charge >= 0.3 is 6.18 Å². The van der Waals surface area contributed by atoms with Crippen molar-refractivity contribution in [2.45, 2.75) is 6.18 Å². The summed E-state index contributed by atoms with van der Waals surface area (Å²) < 4.78 is 42.7. The smallest absolute Gasteiger partial charge is 0.416 e. The second-order valence-electron chi connectivity index (χ2n) is 4.94. The van der Waals surface area contributed by atoms with Crippen LogP contribution in [0.25, 0.3) is 6.08 Å². The molecule has 0 saturated carbocycles. The predicted molar refractivity (Wildman–Crippen MR) is 86.7 cm³/mol. The maximum Gasteiger partial charge on any atom is 0.416 e. The van der Waals surface area contributed by atoms with E-state index in [2.05, 4.69) is 5.32 Å². The van der Waals surface area contributed by atoms with Crippen molar-refractivity contribution < 1.29 is 22.7 Å². The van der Waals surface area contributed by atoms with Gasteiger partial charge in [0.25, 0.3) is 5.91 Å². The van der Waals surface area contributed by atoms with E-state index in [1.54, 1.807) is 30.3 Å². The number of halogens is 3. The Bertz CT molecular complexity index is 835. The number of methoxy groups -OCH3 is 1. The van der Waals surface area contributed by atoms with Crippen LogP contribution < -0.4 is 10.1 Å². The van der Waals surface area contributed by atoms with E-state index in [9.17, 15) is 18.0 Å². The van der Waals surface area contributed by atoms with E-state index in [-0.39, 0.29) is 5.57 Å². The van der Waals surface area contributed by atoms with E-state index >= 15 is 0 Å². The Morgan fingerprint density at radius 2 is 1.80 bits per heavy atom. The molecule has 0 aliphatic rings. The van der Waals surface area contributed by atoms with E-state index in [1.165, 1.54) is 25.3 Å². The van der Waals surface area contributed by atoms with Gasteiger partial charge in [-0.3, -0.25) is 4.79 Å². The zero-order valence-electron chi connectivity index (χ0n) is 13.1. The van der Waals surface area contributed by atoms with Gasteiger partial charge in [0, 0.05) is 0 Å². The van der Waals surface area contributed by atoms with Crippen LogP contribution in [0.1, 0.15) is 11.1 Å². The summed E-state index contributed by atoms with van der Waals surface area (Å²) >= 11 is 0. The summed E-state index contributed by atoms with van der Waals surface area (Å²) in [5, 5.41) is 11.7. The van der Waals surface area contributed by atoms with Gasteiger partial charge in [0.2, 0.25) is 0 Å². The molecule has 0 aromatic heterocycles. The highest BCUT2D eigenvalue weighted by Crippen LogP contribution is 2.29. The number of amides is 1. The Morgan fingerprint density at radius 3 is 2.36 bits per heavy atom. The summed E-state index contributed by atoms with van der Waals surface area (Å²) in [6.07, 6.45) is -3.23. The van der Waals surface area contributed by atoms with Gasteiger partial charge in [0.05, 0.1) is 18.4 Å². The van der Waals surface area contributed by atoms with Crippen molar-refractivity contribution in [3.8, 4) is 11.8 Å². The van der Waals surface area contributed by atoms with Gasteiger partial charge in [-0.15, -0.1) is 0 Å². The van der Waals surface area contributed by atoms with Gasteiger partial charge in [-0.2, -0.15) is 18.4 Å². The van der Waals surface area contributed by atoms with Gasteiger partial charge in [-0.25, -0.2) is 0 Å². The fraction of sp³-hybridized carbons (Fsp3) is 0.111. The number of para-hydroxylation sites is 2. The number of hydrogen-bond acceptors (Lipinski definition) is 3. The number of hydrogen-bond donors (Lipinski definition) is 1. The lowest BCUT2D eigenvalue weighted by atomic mass is 10.1. The number of carbonyl (C=O) groups excluding carboxylic acids is 1. The van der Waals surface area contributed by atoms with Gasteiger partial charge < -0.3 is 10.1 Å². The van der Waals surface area contributed by atoms with E-state index < -0.39 is 17.6 Å². The average molecular weight is 346 g/mol. The fourth-order valence-electron chi connectivity index (χ4n) is 2.02. The minimum absolute atomic E-state index is 0.245. The first-order valence-corrected chi connectivity index (χ1v) is 7.08. The molecule has 128 valence electrons. The zero-order chi connectivity index (χ0) is 18.4. The monoisotopic (exact) mass is 346 g/mol. The third kappa shape index (κ3) is 4.61. The fourth-order valence-corrected chi connectivity index (χ4v) is 2.02. The number of anilines is 1. The van der Waals surface area contributed by atoms with Crippen LogP contribution in [0.4, 0.5) is 18.9 Å². The Labute approximate surface area is 142 Å². The molecule has 25 heavy (non-hydrogen) atoms. The second-order valence-corrected chi connectivity index (χ2v) is 4.94. The third-order valence-corrected chi connectivity index (χ3v) is 3.27. The predicted octanol–water partition coefficient (Wildman–Crippen LogP) is 4.26. The highest BCUT2D eigenvalue weighted by atomic mass is 19.4. The first-order chi connectivity index (χ1) is 11.8. The maximum absolute atomic E-state index is 12.5. The molecule has 0 heterocycles. The molecule has 2 aromatic carbocycles. The van der Waals surface area contributed by atoms with Crippen molar-refractivity contribution >= 4 is 17.7 Å². The second kappa shape index (κ2) is 7.53. The first kappa shape index (κ1) is 18.1. The standard InChI is InChI=1S/C18H13F3N2O2/c1-25-16-5-3-2-4-15(16)23-17(24)13(11-22)10-12-6-8-14(9-7-12)18(19,20)21/h2-10H,1H3,(H,23,24)/b13-10+. The molecule has 0 aliphatic carbocycles. The van der Waals surface area contributed by atoms with Crippen molar-refractivity contribution in [2.75, 3.05) is 12.4 Å². The summed E-state index contributed by atoms with van der Waals surface area (Å²) in [4.78, 5) is 12.2. The van der Waals surface area contributed by atoms with Gasteiger partial charge in [-0.05, 0) is 35.9 Å². The van der Waals surface area contributed by atoms with E-state index in [0.29, 0.717) is 17.0 Å². The number of nitriles is 1. The quantitative estimate of drug-likeness (QED) is 0.665. The summed E-state index contributed by atoms with van der Waals surface area (Å²) in [5.74, 6) is -0.269. The van der Waals surface area contributed by atoms with Crippen LogP contribution in [0, 0.1) is 11.3 Å². The topological polar surface area (TPSA) is 62.1 Å². The van der Waals surface area contributed by atoms with Gasteiger partial charge in [0.15, 0.2) is 0 Å². The average Bonchev–Trinajstić information content (AvgIpc) is 2.59. The third-order valence-electron chi connectivity index (χ3n) is 3.27. The number of carbonyl (C=O) groups is 1. The number of nitrogens with zero attached hydrogens (tertiary/aromatic N) is 1. The van der Waals surface area contributed by atoms with E-state index in [4.69, 9.17) is 10.00 Å². The number of alkyl halides is 3. The summed E-state index contributed by atoms with van der Waals surface area (Å²) in [6.45, 7) is 0. The van der Waals surface area contributed by atoms with Crippen LogP contribution in [0.5, 0.6) is 5.75 Å². The molecule has 0 radical (unpaired) electrons. The van der Waals surface area contributed by atoms with Crippen molar-refractivity contribution in [1.82, 2.24) is 0 Å². The zero-order valence-corrected chi connectivity index (χ0v) is 13.1. The number of ether oxygens (including phenoxy) is 1. The first-order valence-electron chi connectivity index (χ1n) is 7.08. The lowest BCUT2D eigenvalue weighted by Crippen LogP contribution is -2.14. The van der Waals surface area contributed by atoms with Crippen molar-refractivity contribution in [3.05, 3.63) is 65.2 Å². The number of benzene rings is 2. The molecule has 0 bridgehead atoms. The van der Waals surface area contributed by atoms with E-state index in [1.807, 2.05) is 0 Å². The molecule has 0 spiro atoms. The summed E-state index contributed by atoms with van der Waals surface area (Å²) in [7, 11) is 1.44. The minimum Gasteiger partial charge on any atom is -0.495 e. The van der Waals surface area contributed by atoms with Crippen molar-refractivity contribution in [1.29, 1.82) is 5.26 Å².